The minimum absolute atomic E-state index is 0.0870. The van der Waals surface area contributed by atoms with E-state index in [9.17, 15) is 9.90 Å². The van der Waals surface area contributed by atoms with Crippen molar-refractivity contribution in [1.82, 2.24) is 20.3 Å². The van der Waals surface area contributed by atoms with Crippen LogP contribution >= 0.6 is 34.5 Å². The molecule has 5 aromatic rings. The van der Waals surface area contributed by atoms with Gasteiger partial charge in [0, 0.05) is 22.6 Å². The van der Waals surface area contributed by atoms with Gasteiger partial charge in [-0.3, -0.25) is 0 Å². The van der Waals surface area contributed by atoms with Crippen LogP contribution in [-0.4, -0.2) is 31.5 Å². The molecule has 0 aliphatic heterocycles. The molecule has 0 amide bonds. The Labute approximate surface area is 257 Å². The van der Waals surface area contributed by atoms with Gasteiger partial charge < -0.3 is 18.9 Å². The summed E-state index contributed by atoms with van der Waals surface area (Å²) in [5.41, 5.74) is 1.50. The monoisotopic (exact) mass is 642 g/mol. The second-order valence-corrected chi connectivity index (χ2v) is 13.5. The van der Waals surface area contributed by atoms with E-state index in [4.69, 9.17) is 32.5 Å². The number of aliphatic hydroxyl groups is 1. The molecule has 2 N–H and O–H groups in total. The summed E-state index contributed by atoms with van der Waals surface area (Å²) in [5.74, 6) is -0.244. The average molecular weight is 644 g/mol. The summed E-state index contributed by atoms with van der Waals surface area (Å²) >= 11 is 14.3. The summed E-state index contributed by atoms with van der Waals surface area (Å²) in [6.45, 7) is 0.300. The third kappa shape index (κ3) is 4.55. The van der Waals surface area contributed by atoms with Gasteiger partial charge in [-0.05, 0) is 74.6 Å². The molecule has 2 aromatic carbocycles. The lowest BCUT2D eigenvalue weighted by Crippen LogP contribution is -2.44. The smallest absolute Gasteiger partial charge is 0.382 e. The van der Waals surface area contributed by atoms with Crippen molar-refractivity contribution in [3.05, 3.63) is 73.1 Å². The molecular weight excluding hydrogens is 618 g/mol. The van der Waals surface area contributed by atoms with Gasteiger partial charge in [0.15, 0.2) is 11.6 Å². The van der Waals surface area contributed by atoms with Crippen LogP contribution in [-0.2, 0) is 16.9 Å². The van der Waals surface area contributed by atoms with Crippen LogP contribution in [0.2, 0.25) is 10.0 Å². The lowest BCUT2D eigenvalue weighted by molar-refractivity contribution is -0.116. The quantitative estimate of drug-likeness (QED) is 0.191. The second-order valence-electron chi connectivity index (χ2n) is 11.7. The molecule has 222 valence electrons. The fourth-order valence-corrected chi connectivity index (χ4v) is 8.73. The first-order valence-electron chi connectivity index (χ1n) is 14.2. The number of aromatic amines is 1. The number of hydrogen-bond donors (Lipinski definition) is 2. The van der Waals surface area contributed by atoms with Crippen molar-refractivity contribution in [3.8, 4) is 22.6 Å². The highest BCUT2D eigenvalue weighted by atomic mass is 35.5. The molecule has 3 aromatic heterocycles. The molecule has 0 unspecified atom stereocenters. The van der Waals surface area contributed by atoms with Crippen molar-refractivity contribution in [2.45, 2.75) is 62.8 Å². The van der Waals surface area contributed by atoms with Gasteiger partial charge in [-0.2, -0.15) is 10.1 Å². The van der Waals surface area contributed by atoms with E-state index in [2.05, 4.69) is 24.8 Å². The summed E-state index contributed by atoms with van der Waals surface area (Å²) in [7, 11) is 0. The van der Waals surface area contributed by atoms with Gasteiger partial charge in [0.05, 0.1) is 27.5 Å². The van der Waals surface area contributed by atoms with Crippen molar-refractivity contribution in [2.75, 3.05) is 0 Å². The van der Waals surface area contributed by atoms with Crippen LogP contribution in [0, 0.1) is 17.7 Å². The van der Waals surface area contributed by atoms with Crippen molar-refractivity contribution >= 4 is 44.8 Å². The molecule has 0 saturated heterocycles. The van der Waals surface area contributed by atoms with E-state index >= 15 is 4.39 Å². The summed E-state index contributed by atoms with van der Waals surface area (Å²) in [6.07, 6.45) is 4.93. The maximum Gasteiger partial charge on any atom is 0.460 e. The summed E-state index contributed by atoms with van der Waals surface area (Å²) in [5, 5.41) is 20.4. The Kier molecular flexibility index (Phi) is 6.54. The van der Waals surface area contributed by atoms with E-state index in [0.29, 0.717) is 61.9 Å². The number of benzene rings is 2. The van der Waals surface area contributed by atoms with Gasteiger partial charge in [0.1, 0.15) is 27.6 Å². The maximum absolute atomic E-state index is 15.1. The molecular formula is C30H25Cl2FN4O5S. The largest absolute Gasteiger partial charge is 0.460 e. The van der Waals surface area contributed by atoms with E-state index < -0.39 is 17.2 Å². The number of rotatable bonds is 7. The topological polar surface area (TPSA) is 127 Å². The van der Waals surface area contributed by atoms with Gasteiger partial charge in [0.2, 0.25) is 0 Å². The zero-order chi connectivity index (χ0) is 29.5. The fourth-order valence-electron chi connectivity index (χ4n) is 6.89. The molecule has 3 saturated carbocycles. The zero-order valence-electron chi connectivity index (χ0n) is 22.6. The van der Waals surface area contributed by atoms with Crippen LogP contribution in [0.25, 0.3) is 32.9 Å². The Bertz CT molecular complexity index is 1900. The van der Waals surface area contributed by atoms with E-state index in [-0.39, 0.29) is 29.3 Å². The molecule has 0 spiro atoms. The molecule has 3 aliphatic rings. The Morgan fingerprint density at radius 3 is 2.53 bits per heavy atom. The van der Waals surface area contributed by atoms with Crippen LogP contribution in [0.1, 0.15) is 60.8 Å². The molecule has 9 nitrogen and oxygen atoms in total. The highest BCUT2D eigenvalue weighted by molar-refractivity contribution is 7.18. The Morgan fingerprint density at radius 1 is 1.12 bits per heavy atom. The number of nitrogens with one attached hydrogen (secondary N) is 1. The Hall–Kier alpha value is -3.09. The van der Waals surface area contributed by atoms with Crippen LogP contribution in [0.15, 0.2) is 44.2 Å². The maximum atomic E-state index is 15.1. The molecule has 8 rings (SSSR count). The van der Waals surface area contributed by atoms with Crippen molar-refractivity contribution in [3.63, 3.8) is 0 Å². The molecule has 43 heavy (non-hydrogen) atoms. The SMILES string of the molecule is O=c1nc(-c2cc(F)c3nc([C@@]4(O)[C@@H]5CC[C@H]4C[C@@H](OCc4c(-c6c(Cl)cccc6Cl)noc4C4CC4)C5)sc3c2)[nH]o1. The van der Waals surface area contributed by atoms with Crippen LogP contribution < -0.4 is 5.76 Å². The first kappa shape index (κ1) is 27.5. The van der Waals surface area contributed by atoms with Crippen molar-refractivity contribution < 1.29 is 23.3 Å². The van der Waals surface area contributed by atoms with Gasteiger partial charge >= 0.3 is 5.76 Å². The molecule has 3 heterocycles. The third-order valence-corrected chi connectivity index (χ3v) is 10.9. The highest BCUT2D eigenvalue weighted by Gasteiger charge is 2.56. The standard InChI is InChI=1S/C30H25Cl2FN4O5S/c31-19-2-1-3-20(32)23(19)24-18(26(41-36-24)13-4-5-13)12-40-17-10-15-6-7-16(11-17)30(15,39)28-34-25-21(33)8-14(9-22(25)43-28)27-35-29(38)42-37-27/h1-3,8-9,13,15-17,39H,4-7,10-12H2,(H,35,37,38)/t15-,16+,17+,30-. The first-order chi connectivity index (χ1) is 20.8. The van der Waals surface area contributed by atoms with Crippen LogP contribution in [0.3, 0.4) is 0 Å². The average Bonchev–Trinajstić information content (AvgIpc) is 3.27. The van der Waals surface area contributed by atoms with Gasteiger partial charge in [-0.1, -0.05) is 34.4 Å². The van der Waals surface area contributed by atoms with Crippen molar-refractivity contribution in [2.24, 2.45) is 11.8 Å². The number of nitrogens with zero attached hydrogens (tertiary/aromatic N) is 3. The van der Waals surface area contributed by atoms with E-state index in [1.165, 1.54) is 17.4 Å². The molecule has 2 bridgehead atoms. The van der Waals surface area contributed by atoms with Gasteiger partial charge in [-0.25, -0.2) is 14.2 Å². The number of fused-ring (bicyclic) bond motifs is 3. The van der Waals surface area contributed by atoms with Gasteiger partial charge in [0.25, 0.3) is 0 Å². The molecule has 4 atom stereocenters. The Morgan fingerprint density at radius 2 is 1.86 bits per heavy atom. The normalized spacial score (nSPS) is 25.2. The lowest BCUT2D eigenvalue weighted by atomic mass is 9.73. The molecule has 0 radical (unpaired) electrons. The molecule has 3 fully saturated rings. The lowest BCUT2D eigenvalue weighted by Gasteiger charge is -2.41. The Balaban J connectivity index is 1.05. The first-order valence-corrected chi connectivity index (χ1v) is 15.8. The number of thiazole rings is 1. The van der Waals surface area contributed by atoms with Gasteiger partial charge in [-0.15, -0.1) is 11.3 Å². The number of halogens is 3. The van der Waals surface area contributed by atoms with E-state index in [1.54, 1.807) is 24.3 Å². The second kappa shape index (κ2) is 10.2. The molecule has 3 aliphatic carbocycles. The number of ether oxygens (including phenoxy) is 1. The van der Waals surface area contributed by atoms with Crippen LogP contribution in [0.5, 0.6) is 0 Å². The van der Waals surface area contributed by atoms with E-state index in [1.807, 2.05) is 0 Å². The predicted molar refractivity (Wildman–Crippen MR) is 158 cm³/mol. The minimum Gasteiger partial charge on any atom is -0.382 e. The number of aromatic nitrogens is 4. The van der Waals surface area contributed by atoms with Crippen molar-refractivity contribution in [1.29, 1.82) is 0 Å². The summed E-state index contributed by atoms with van der Waals surface area (Å²) in [6, 6.07) is 8.31. The fraction of sp³-hybridized carbons (Fsp3) is 0.400. The summed E-state index contributed by atoms with van der Waals surface area (Å²) in [4.78, 5) is 19.7. The number of H-pyrrole nitrogens is 1. The predicted octanol–water partition coefficient (Wildman–Crippen LogP) is 7.21. The third-order valence-electron chi connectivity index (χ3n) is 9.14. The number of hydrogen-bond acceptors (Lipinski definition) is 9. The molecule has 13 heteroatoms. The minimum atomic E-state index is -1.18. The summed E-state index contributed by atoms with van der Waals surface area (Å²) < 4.78 is 32.6. The van der Waals surface area contributed by atoms with Crippen LogP contribution in [0.4, 0.5) is 4.39 Å². The zero-order valence-corrected chi connectivity index (χ0v) is 24.9. The van der Waals surface area contributed by atoms with E-state index in [0.717, 1.165) is 37.0 Å². The highest BCUT2D eigenvalue weighted by Crippen LogP contribution is 2.57.